The lowest BCUT2D eigenvalue weighted by Gasteiger charge is -2.09. The Balaban J connectivity index is 0.000000934. The minimum Gasteiger partial charge on any atom is -0.464 e. The van der Waals surface area contributed by atoms with Crippen LogP contribution in [0.4, 0.5) is 0 Å². The molecule has 0 saturated heterocycles. The van der Waals surface area contributed by atoms with E-state index in [2.05, 4.69) is 0 Å². The number of ether oxygens (including phenoxy) is 1. The second kappa shape index (κ2) is 12.2. The highest BCUT2D eigenvalue weighted by molar-refractivity contribution is 6.17. The molecule has 4 aromatic rings. The predicted octanol–water partition coefficient (Wildman–Crippen LogP) is 5.84. The van der Waals surface area contributed by atoms with Crippen LogP contribution in [0.3, 0.4) is 0 Å². The number of carbonyl (C=O) groups excluding carboxylic acids is 4. The molecule has 0 saturated carbocycles. The van der Waals surface area contributed by atoms with Crippen LogP contribution < -0.4 is 0 Å². The number of carbonyl (C=O) groups is 4. The maximum absolute atomic E-state index is 13.3. The van der Waals surface area contributed by atoms with Crippen molar-refractivity contribution in [1.82, 2.24) is 4.57 Å². The van der Waals surface area contributed by atoms with Crippen LogP contribution in [-0.2, 0) is 25.7 Å². The Hall–Kier alpha value is -4.39. The van der Waals surface area contributed by atoms with Gasteiger partial charge in [-0.1, -0.05) is 30.3 Å². The summed E-state index contributed by atoms with van der Waals surface area (Å²) in [6.07, 6.45) is 0.0631. The minimum absolute atomic E-state index is 0.0544. The molecule has 4 rings (SSSR count). The van der Waals surface area contributed by atoms with Gasteiger partial charge in [-0.15, -0.1) is 0 Å². The normalized spacial score (nSPS) is 10.6. The van der Waals surface area contributed by atoms with Gasteiger partial charge in [0, 0.05) is 52.0 Å². The zero-order valence-corrected chi connectivity index (χ0v) is 22.4. The maximum Gasteiger partial charge on any atom is 0.302 e. The van der Waals surface area contributed by atoms with E-state index in [1.807, 2.05) is 72.2 Å². The van der Waals surface area contributed by atoms with Crippen LogP contribution in [0.15, 0.2) is 60.7 Å². The molecule has 0 aliphatic carbocycles. The number of nitrogens with zero attached hydrogens (tertiary/aromatic N) is 1. The molecule has 0 radical (unpaired) electrons. The lowest BCUT2D eigenvalue weighted by molar-refractivity contribution is -0.141. The van der Waals surface area contributed by atoms with E-state index in [-0.39, 0.29) is 42.1 Å². The fraction of sp³-hybridized carbons (Fsp3) is 0.258. The first-order chi connectivity index (χ1) is 18.0. The first-order valence-electron chi connectivity index (χ1n) is 12.3. The van der Waals surface area contributed by atoms with Crippen LogP contribution in [0.5, 0.6) is 0 Å². The number of esters is 1. The largest absolute Gasteiger partial charge is 0.464 e. The Morgan fingerprint density at radius 1 is 0.816 bits per heavy atom. The van der Waals surface area contributed by atoms with Gasteiger partial charge in [0.1, 0.15) is 18.2 Å². The first kappa shape index (κ1) is 28.2. The second-order valence-electron chi connectivity index (χ2n) is 9.37. The molecular formula is C31H32N2O5. The lowest BCUT2D eigenvalue weighted by Crippen LogP contribution is -2.09. The maximum atomic E-state index is 13.3. The summed E-state index contributed by atoms with van der Waals surface area (Å²) >= 11 is 0. The van der Waals surface area contributed by atoms with Gasteiger partial charge in [-0.3, -0.25) is 14.4 Å². The summed E-state index contributed by atoms with van der Waals surface area (Å²) in [7, 11) is 0. The van der Waals surface area contributed by atoms with E-state index >= 15 is 0 Å². The zero-order valence-electron chi connectivity index (χ0n) is 22.4. The fourth-order valence-corrected chi connectivity index (χ4v) is 4.29. The topological polar surface area (TPSA) is 106 Å². The van der Waals surface area contributed by atoms with Crippen molar-refractivity contribution in [3.05, 3.63) is 82.9 Å². The van der Waals surface area contributed by atoms with Gasteiger partial charge in [-0.2, -0.15) is 0 Å². The quantitative estimate of drug-likeness (QED) is 0.181. The Morgan fingerprint density at radius 3 is 1.92 bits per heavy atom. The van der Waals surface area contributed by atoms with E-state index in [9.17, 15) is 19.2 Å². The number of aromatic nitrogens is 1. The zero-order chi connectivity index (χ0) is 28.0. The molecule has 1 heterocycles. The first-order valence-corrected chi connectivity index (χ1v) is 12.3. The van der Waals surface area contributed by atoms with Gasteiger partial charge in [0.15, 0.2) is 5.78 Å². The summed E-state index contributed by atoms with van der Waals surface area (Å²) in [5.41, 5.74) is 4.87. The van der Waals surface area contributed by atoms with E-state index in [4.69, 9.17) is 10.1 Å². The molecule has 0 aliphatic rings. The summed E-state index contributed by atoms with van der Waals surface area (Å²) in [5, 5.41) is 10.1. The van der Waals surface area contributed by atoms with Crippen molar-refractivity contribution < 1.29 is 23.9 Å². The fourth-order valence-electron chi connectivity index (χ4n) is 4.29. The third-order valence-corrected chi connectivity index (χ3v) is 5.91. The number of rotatable bonds is 8. The van der Waals surface area contributed by atoms with Crippen molar-refractivity contribution in [3.63, 3.8) is 0 Å². The smallest absolute Gasteiger partial charge is 0.302 e. The summed E-state index contributed by atoms with van der Waals surface area (Å²) in [6, 6.07) is 18.7. The van der Waals surface area contributed by atoms with Crippen LogP contribution in [-0.4, -0.2) is 40.2 Å². The number of hydrogen-bond donors (Lipinski definition) is 1. The van der Waals surface area contributed by atoms with E-state index in [0.29, 0.717) is 23.2 Å². The predicted molar refractivity (Wildman–Crippen MR) is 149 cm³/mol. The second-order valence-corrected chi connectivity index (χ2v) is 9.37. The number of nitrogens with one attached hydrogen (secondary N) is 1. The molecule has 38 heavy (non-hydrogen) atoms. The van der Waals surface area contributed by atoms with Crippen molar-refractivity contribution in [1.29, 1.82) is 5.41 Å². The van der Waals surface area contributed by atoms with Crippen LogP contribution >= 0.6 is 0 Å². The van der Waals surface area contributed by atoms with Crippen molar-refractivity contribution in [2.24, 2.45) is 0 Å². The molecule has 0 fully saturated rings. The van der Waals surface area contributed by atoms with Crippen LogP contribution in [0.2, 0.25) is 0 Å². The Labute approximate surface area is 221 Å². The van der Waals surface area contributed by atoms with Crippen molar-refractivity contribution in [3.8, 4) is 0 Å². The molecule has 1 aromatic heterocycles. The summed E-state index contributed by atoms with van der Waals surface area (Å²) in [4.78, 5) is 45.5. The average molecular weight is 513 g/mol. The molecule has 0 amide bonds. The third-order valence-electron chi connectivity index (χ3n) is 5.91. The number of aryl methyl sites for hydroxylation is 1. The lowest BCUT2D eigenvalue weighted by atomic mass is 9.97. The number of hydrogen-bond acceptors (Lipinski definition) is 6. The average Bonchev–Trinajstić information content (AvgIpc) is 3.15. The number of Topliss-reactive ketones (excluding diaryl/α,β-unsaturated/α-hetero) is 2. The molecule has 3 aromatic carbocycles. The van der Waals surface area contributed by atoms with Crippen molar-refractivity contribution in [2.45, 2.75) is 47.6 Å². The highest BCUT2D eigenvalue weighted by Crippen LogP contribution is 2.32. The molecule has 0 aliphatic heterocycles. The number of fused-ring (bicyclic) bond motifs is 3. The van der Waals surface area contributed by atoms with Crippen LogP contribution in [0, 0.1) is 12.3 Å². The molecule has 0 bridgehead atoms. The van der Waals surface area contributed by atoms with Crippen LogP contribution in [0.1, 0.15) is 61.2 Å². The summed E-state index contributed by atoms with van der Waals surface area (Å²) in [5.74, 6) is -0.298. The number of ketones is 3. The van der Waals surface area contributed by atoms with Gasteiger partial charge in [0.25, 0.3) is 0 Å². The monoisotopic (exact) mass is 512 g/mol. The molecule has 1 N–H and O–H groups in total. The molecular weight excluding hydrogens is 480 g/mol. The molecule has 196 valence electrons. The van der Waals surface area contributed by atoms with Gasteiger partial charge in [-0.25, -0.2) is 0 Å². The Kier molecular flexibility index (Phi) is 9.07. The van der Waals surface area contributed by atoms with E-state index in [0.717, 1.165) is 27.4 Å². The Bertz CT molecular complexity index is 1560. The summed E-state index contributed by atoms with van der Waals surface area (Å²) < 4.78 is 7.22. The third kappa shape index (κ3) is 6.68. The molecule has 0 unspecified atom stereocenters. The van der Waals surface area contributed by atoms with Crippen molar-refractivity contribution in [2.75, 3.05) is 6.61 Å². The van der Waals surface area contributed by atoms with Gasteiger partial charge < -0.3 is 19.5 Å². The van der Waals surface area contributed by atoms with Gasteiger partial charge in [0.2, 0.25) is 0 Å². The van der Waals surface area contributed by atoms with Gasteiger partial charge in [-0.05, 0) is 69.2 Å². The highest BCUT2D eigenvalue weighted by Gasteiger charge is 2.17. The van der Waals surface area contributed by atoms with Gasteiger partial charge in [0.05, 0.1) is 6.54 Å². The van der Waals surface area contributed by atoms with E-state index in [1.54, 1.807) is 0 Å². The molecule has 0 spiro atoms. The molecule has 7 nitrogen and oxygen atoms in total. The van der Waals surface area contributed by atoms with Gasteiger partial charge >= 0.3 is 5.97 Å². The van der Waals surface area contributed by atoms with E-state index < -0.39 is 0 Å². The highest BCUT2D eigenvalue weighted by atomic mass is 16.5. The molecule has 7 heteroatoms. The van der Waals surface area contributed by atoms with E-state index in [1.165, 1.54) is 27.7 Å². The minimum atomic E-state index is -0.341. The summed E-state index contributed by atoms with van der Waals surface area (Å²) in [6.45, 7) is 8.49. The van der Waals surface area contributed by atoms with Crippen molar-refractivity contribution >= 4 is 50.8 Å². The standard InChI is InChI=1S/C28H26N2O4.C3H6O/c1-17-6-4-5-7-22(17)28(33)21-9-11-27-24(16-21)23-15-20(25(29)14-18(2)31)8-10-26(23)30(27)12-13-34-19(3)32;1-3(2)4/h4-11,15-16,29H,12-14H2,1-3H3;1-2H3. The SMILES string of the molecule is CC(=O)CC(=N)c1ccc2c(c1)c1cc(C(=O)c3ccccc3C)ccc1n2CCOC(C)=O.CC(C)=O. The van der Waals surface area contributed by atoms with Crippen LogP contribution in [0.25, 0.3) is 21.8 Å². The molecule has 0 atom stereocenters. The number of benzene rings is 3. The Morgan fingerprint density at radius 2 is 1.37 bits per heavy atom.